The Balaban J connectivity index is 3.91. The van der Waals surface area contributed by atoms with Gasteiger partial charge in [-0.15, -0.1) is 6.58 Å². The second-order valence-corrected chi connectivity index (χ2v) is 4.19. The van der Waals surface area contributed by atoms with Crippen LogP contribution in [0, 0.1) is 17.8 Å². The van der Waals surface area contributed by atoms with E-state index in [1.54, 1.807) is 0 Å². The Kier molecular flexibility index (Phi) is 5.23. The Labute approximate surface area is 76.5 Å². The molecule has 1 nitrogen and oxygen atoms in total. The van der Waals surface area contributed by atoms with Crippen molar-refractivity contribution in [1.29, 1.82) is 0 Å². The van der Waals surface area contributed by atoms with Gasteiger partial charge in [-0.05, 0) is 24.2 Å². The molecular formula is C11H22O. The van der Waals surface area contributed by atoms with Crippen LogP contribution in [0.1, 0.15) is 34.1 Å². The Hall–Kier alpha value is -0.300. The molecule has 0 aromatic heterocycles. The van der Waals surface area contributed by atoms with E-state index in [4.69, 9.17) is 0 Å². The van der Waals surface area contributed by atoms with E-state index in [1.165, 1.54) is 0 Å². The molecule has 1 heteroatoms. The highest BCUT2D eigenvalue weighted by Gasteiger charge is 2.19. The van der Waals surface area contributed by atoms with E-state index < -0.39 is 0 Å². The average Bonchev–Trinajstić information content (AvgIpc) is 2.00. The van der Waals surface area contributed by atoms with Crippen LogP contribution in [0.3, 0.4) is 0 Å². The summed E-state index contributed by atoms with van der Waals surface area (Å²) < 4.78 is 0. The minimum atomic E-state index is -0.232. The van der Waals surface area contributed by atoms with Crippen LogP contribution in [0.4, 0.5) is 0 Å². The normalized spacial score (nSPS) is 18.8. The summed E-state index contributed by atoms with van der Waals surface area (Å²) in [5.41, 5.74) is 0. The first-order valence-electron chi connectivity index (χ1n) is 4.79. The molecule has 3 atom stereocenters. The number of aliphatic hydroxyl groups excluding tert-OH is 1. The maximum atomic E-state index is 9.76. The van der Waals surface area contributed by atoms with E-state index in [0.717, 1.165) is 6.42 Å². The van der Waals surface area contributed by atoms with Crippen LogP contribution in [0.25, 0.3) is 0 Å². The highest BCUT2D eigenvalue weighted by molar-refractivity contribution is 4.83. The van der Waals surface area contributed by atoms with Crippen molar-refractivity contribution in [2.75, 3.05) is 0 Å². The maximum Gasteiger partial charge on any atom is 0.0625 e. The molecule has 0 unspecified atom stereocenters. The summed E-state index contributed by atoms with van der Waals surface area (Å²) in [5, 5.41) is 9.76. The molecule has 0 saturated heterocycles. The molecule has 1 N–H and O–H groups in total. The summed E-state index contributed by atoms with van der Waals surface area (Å²) in [5.74, 6) is 1.24. The fourth-order valence-electron chi connectivity index (χ4n) is 1.54. The van der Waals surface area contributed by atoms with Crippen molar-refractivity contribution in [3.63, 3.8) is 0 Å². The van der Waals surface area contributed by atoms with E-state index >= 15 is 0 Å². The summed E-state index contributed by atoms with van der Waals surface area (Å²) in [6.45, 7) is 12.2. The Morgan fingerprint density at radius 2 is 1.75 bits per heavy atom. The molecular weight excluding hydrogens is 148 g/mol. The highest BCUT2D eigenvalue weighted by atomic mass is 16.3. The molecule has 0 spiro atoms. The molecule has 0 aromatic carbocycles. The Morgan fingerprint density at radius 1 is 1.25 bits per heavy atom. The topological polar surface area (TPSA) is 20.2 Å². The van der Waals surface area contributed by atoms with E-state index in [2.05, 4.69) is 27.4 Å². The number of rotatable bonds is 5. The molecule has 0 aromatic rings. The van der Waals surface area contributed by atoms with Gasteiger partial charge >= 0.3 is 0 Å². The number of hydrogen-bond donors (Lipinski definition) is 1. The first-order chi connectivity index (χ1) is 5.49. The van der Waals surface area contributed by atoms with Crippen LogP contribution in [-0.2, 0) is 0 Å². The van der Waals surface area contributed by atoms with Crippen LogP contribution in [0.15, 0.2) is 12.7 Å². The van der Waals surface area contributed by atoms with Crippen molar-refractivity contribution < 1.29 is 5.11 Å². The predicted molar refractivity (Wildman–Crippen MR) is 54.0 cm³/mol. The predicted octanol–water partition coefficient (Wildman–Crippen LogP) is 2.85. The largest absolute Gasteiger partial charge is 0.392 e. The van der Waals surface area contributed by atoms with Gasteiger partial charge in [0.05, 0.1) is 6.10 Å². The van der Waals surface area contributed by atoms with Gasteiger partial charge in [0.15, 0.2) is 0 Å². The zero-order chi connectivity index (χ0) is 9.72. The van der Waals surface area contributed by atoms with Crippen LogP contribution in [0.5, 0.6) is 0 Å². The molecule has 0 radical (unpaired) electrons. The Bertz CT molecular complexity index is 129. The monoisotopic (exact) mass is 170 g/mol. The van der Waals surface area contributed by atoms with Gasteiger partial charge in [0, 0.05) is 0 Å². The first-order valence-corrected chi connectivity index (χ1v) is 4.79. The molecule has 0 bridgehead atoms. The lowest BCUT2D eigenvalue weighted by molar-refractivity contribution is 0.0731. The second-order valence-electron chi connectivity index (χ2n) is 4.19. The molecule has 0 amide bonds. The lowest BCUT2D eigenvalue weighted by Gasteiger charge is -2.23. The van der Waals surface area contributed by atoms with E-state index in [1.807, 2.05) is 13.0 Å². The van der Waals surface area contributed by atoms with Gasteiger partial charge in [0.25, 0.3) is 0 Å². The molecule has 72 valence electrons. The van der Waals surface area contributed by atoms with E-state index in [0.29, 0.717) is 11.8 Å². The van der Waals surface area contributed by atoms with Crippen LogP contribution >= 0.6 is 0 Å². The standard InChI is InChI=1S/C11H22O/c1-6-9(4)11(12)10(5)7-8(2)3/h6,8-12H,1,7H2,2-5H3/t9-,10+,11-/m0/s1. The fourth-order valence-corrected chi connectivity index (χ4v) is 1.54. The van der Waals surface area contributed by atoms with Gasteiger partial charge < -0.3 is 5.11 Å². The molecule has 0 aliphatic heterocycles. The van der Waals surface area contributed by atoms with E-state index in [9.17, 15) is 5.11 Å². The van der Waals surface area contributed by atoms with Gasteiger partial charge in [0.1, 0.15) is 0 Å². The molecule has 0 rings (SSSR count). The molecule has 0 fully saturated rings. The summed E-state index contributed by atoms with van der Waals surface area (Å²) in [6, 6.07) is 0. The third-order valence-corrected chi connectivity index (χ3v) is 2.34. The third kappa shape index (κ3) is 3.91. The van der Waals surface area contributed by atoms with Gasteiger partial charge in [-0.25, -0.2) is 0 Å². The lowest BCUT2D eigenvalue weighted by atomic mass is 9.87. The van der Waals surface area contributed by atoms with E-state index in [-0.39, 0.29) is 12.0 Å². The molecule has 12 heavy (non-hydrogen) atoms. The van der Waals surface area contributed by atoms with Crippen LogP contribution < -0.4 is 0 Å². The minimum absolute atomic E-state index is 0.207. The molecule has 0 aliphatic rings. The smallest absolute Gasteiger partial charge is 0.0625 e. The lowest BCUT2D eigenvalue weighted by Crippen LogP contribution is -2.25. The van der Waals surface area contributed by atoms with Gasteiger partial charge in [-0.1, -0.05) is 33.8 Å². The quantitative estimate of drug-likeness (QED) is 0.629. The van der Waals surface area contributed by atoms with Crippen molar-refractivity contribution in [2.24, 2.45) is 17.8 Å². The first kappa shape index (κ1) is 11.7. The van der Waals surface area contributed by atoms with Crippen molar-refractivity contribution in [2.45, 2.75) is 40.2 Å². The molecule has 0 heterocycles. The number of aliphatic hydroxyl groups is 1. The molecule has 0 aliphatic carbocycles. The van der Waals surface area contributed by atoms with Gasteiger partial charge in [0.2, 0.25) is 0 Å². The molecule has 0 saturated carbocycles. The summed E-state index contributed by atoms with van der Waals surface area (Å²) >= 11 is 0. The van der Waals surface area contributed by atoms with Crippen molar-refractivity contribution in [1.82, 2.24) is 0 Å². The van der Waals surface area contributed by atoms with Gasteiger partial charge in [-0.2, -0.15) is 0 Å². The highest BCUT2D eigenvalue weighted by Crippen LogP contribution is 2.20. The average molecular weight is 170 g/mol. The zero-order valence-corrected chi connectivity index (χ0v) is 8.75. The Morgan fingerprint density at radius 3 is 2.08 bits per heavy atom. The SMILES string of the molecule is C=C[C@H](C)[C@H](O)[C@H](C)CC(C)C. The zero-order valence-electron chi connectivity index (χ0n) is 8.75. The minimum Gasteiger partial charge on any atom is -0.392 e. The van der Waals surface area contributed by atoms with Gasteiger partial charge in [-0.3, -0.25) is 0 Å². The third-order valence-electron chi connectivity index (χ3n) is 2.34. The summed E-state index contributed by atoms with van der Waals surface area (Å²) in [4.78, 5) is 0. The van der Waals surface area contributed by atoms with Crippen LogP contribution in [0.2, 0.25) is 0 Å². The fraction of sp³-hybridized carbons (Fsp3) is 0.818. The van der Waals surface area contributed by atoms with Crippen molar-refractivity contribution in [3.05, 3.63) is 12.7 Å². The van der Waals surface area contributed by atoms with Crippen molar-refractivity contribution >= 4 is 0 Å². The van der Waals surface area contributed by atoms with Crippen LogP contribution in [-0.4, -0.2) is 11.2 Å². The van der Waals surface area contributed by atoms with Crippen molar-refractivity contribution in [3.8, 4) is 0 Å². The summed E-state index contributed by atoms with van der Waals surface area (Å²) in [7, 11) is 0. The summed E-state index contributed by atoms with van der Waals surface area (Å²) in [6.07, 6.45) is 2.67. The number of hydrogen-bond acceptors (Lipinski definition) is 1. The second kappa shape index (κ2) is 5.36. The maximum absolute atomic E-state index is 9.76.